The molecule has 4 heteroatoms. The number of aromatic nitrogens is 3. The van der Waals surface area contributed by atoms with Crippen molar-refractivity contribution in [1.29, 1.82) is 5.26 Å². The SMILES string of the molecule is N#Cc1ccc2c(c1)C1(CCCCC1)c1cccc(-c3ccc(-c4cccc(-c5ccc(-c6cc(-c7ccc(-c8cccnc8)cc7)nc(C7=CC=CCC7)n6)cc5)c4)cc3)c1-2. The van der Waals surface area contributed by atoms with Gasteiger partial charge in [-0.3, -0.25) is 4.98 Å². The highest BCUT2D eigenvalue weighted by molar-refractivity contribution is 5.93. The molecule has 4 nitrogen and oxygen atoms in total. The topological polar surface area (TPSA) is 62.5 Å². The van der Waals surface area contributed by atoms with Gasteiger partial charge in [0, 0.05) is 28.9 Å². The molecule has 0 N–H and O–H groups in total. The third-order valence-corrected chi connectivity index (χ3v) is 13.3. The van der Waals surface area contributed by atoms with E-state index in [4.69, 9.17) is 9.97 Å². The zero-order valence-corrected chi connectivity index (χ0v) is 34.6. The Morgan fingerprint density at radius 1 is 0.516 bits per heavy atom. The van der Waals surface area contributed by atoms with Crippen molar-refractivity contribution in [3.63, 3.8) is 0 Å². The molecule has 1 spiro atoms. The number of fused-ring (bicyclic) bond motifs is 5. The summed E-state index contributed by atoms with van der Waals surface area (Å²) in [4.78, 5) is 14.5. The molecule has 62 heavy (non-hydrogen) atoms. The Morgan fingerprint density at radius 3 is 1.77 bits per heavy atom. The van der Waals surface area contributed by atoms with Gasteiger partial charge in [0.1, 0.15) is 0 Å². The Morgan fingerprint density at radius 2 is 1.15 bits per heavy atom. The van der Waals surface area contributed by atoms with Gasteiger partial charge in [0.25, 0.3) is 0 Å². The summed E-state index contributed by atoms with van der Waals surface area (Å²) in [7, 11) is 0. The van der Waals surface area contributed by atoms with Gasteiger partial charge in [-0.15, -0.1) is 0 Å². The van der Waals surface area contributed by atoms with Crippen LogP contribution in [0.3, 0.4) is 0 Å². The summed E-state index contributed by atoms with van der Waals surface area (Å²) in [6.07, 6.45) is 18.1. The smallest absolute Gasteiger partial charge is 0.156 e. The van der Waals surface area contributed by atoms with Gasteiger partial charge < -0.3 is 0 Å². The molecule has 2 heterocycles. The lowest BCUT2D eigenvalue weighted by Gasteiger charge is -2.36. The van der Waals surface area contributed by atoms with Crippen LogP contribution in [-0.2, 0) is 5.41 Å². The van der Waals surface area contributed by atoms with Crippen LogP contribution in [0.5, 0.6) is 0 Å². The predicted molar refractivity (Wildman–Crippen MR) is 253 cm³/mol. The molecular formula is C58H44N4. The first-order valence-electron chi connectivity index (χ1n) is 21.9. The second-order valence-corrected chi connectivity index (χ2v) is 16.9. The van der Waals surface area contributed by atoms with E-state index in [1.807, 2.05) is 18.3 Å². The van der Waals surface area contributed by atoms with E-state index in [-0.39, 0.29) is 5.41 Å². The summed E-state index contributed by atoms with van der Waals surface area (Å²) < 4.78 is 0. The van der Waals surface area contributed by atoms with E-state index in [1.54, 1.807) is 6.20 Å². The van der Waals surface area contributed by atoms with E-state index in [0.29, 0.717) is 0 Å². The second-order valence-electron chi connectivity index (χ2n) is 16.9. The first-order valence-corrected chi connectivity index (χ1v) is 21.9. The highest BCUT2D eigenvalue weighted by Gasteiger charge is 2.44. The molecule has 1 saturated carbocycles. The van der Waals surface area contributed by atoms with Crippen molar-refractivity contribution in [3.8, 4) is 84.2 Å². The average Bonchev–Trinajstić information content (AvgIpc) is 3.62. The summed E-state index contributed by atoms with van der Waals surface area (Å²) in [5.74, 6) is 0.782. The van der Waals surface area contributed by atoms with Crippen molar-refractivity contribution >= 4 is 5.57 Å². The molecule has 296 valence electrons. The van der Waals surface area contributed by atoms with Crippen molar-refractivity contribution in [2.75, 3.05) is 0 Å². The van der Waals surface area contributed by atoms with Gasteiger partial charge in [-0.2, -0.15) is 5.26 Å². The predicted octanol–water partition coefficient (Wildman–Crippen LogP) is 14.7. The van der Waals surface area contributed by atoms with Crippen molar-refractivity contribution in [3.05, 3.63) is 205 Å². The third-order valence-electron chi connectivity index (χ3n) is 13.3. The van der Waals surface area contributed by atoms with Crippen LogP contribution < -0.4 is 0 Å². The van der Waals surface area contributed by atoms with E-state index in [0.717, 1.165) is 81.8 Å². The molecule has 0 atom stereocenters. The maximum atomic E-state index is 9.82. The monoisotopic (exact) mass is 796 g/mol. The van der Waals surface area contributed by atoms with Crippen LogP contribution in [0.1, 0.15) is 67.5 Å². The van der Waals surface area contributed by atoms with Crippen LogP contribution in [0.15, 0.2) is 182 Å². The first kappa shape index (κ1) is 37.5. The van der Waals surface area contributed by atoms with Crippen LogP contribution in [0.4, 0.5) is 0 Å². The summed E-state index contributed by atoms with van der Waals surface area (Å²) >= 11 is 0. The highest BCUT2D eigenvalue weighted by atomic mass is 14.9. The number of hydrogen-bond donors (Lipinski definition) is 0. The molecule has 6 aromatic carbocycles. The van der Waals surface area contributed by atoms with Gasteiger partial charge in [0.15, 0.2) is 5.82 Å². The Bertz CT molecular complexity index is 3070. The lowest BCUT2D eigenvalue weighted by Crippen LogP contribution is -2.28. The van der Waals surface area contributed by atoms with Gasteiger partial charge in [-0.25, -0.2) is 9.97 Å². The Hall–Kier alpha value is -7.48. The molecule has 0 radical (unpaired) electrons. The number of nitrogens with zero attached hydrogens (tertiary/aromatic N) is 4. The van der Waals surface area contributed by atoms with Gasteiger partial charge in [0.2, 0.25) is 0 Å². The Labute approximate surface area is 363 Å². The van der Waals surface area contributed by atoms with Gasteiger partial charge >= 0.3 is 0 Å². The molecule has 3 aliphatic carbocycles. The van der Waals surface area contributed by atoms with Crippen LogP contribution in [0.25, 0.3) is 83.7 Å². The van der Waals surface area contributed by atoms with Crippen molar-refractivity contribution in [2.45, 2.75) is 50.4 Å². The first-order chi connectivity index (χ1) is 30.6. The second kappa shape index (κ2) is 15.8. The lowest BCUT2D eigenvalue weighted by molar-refractivity contribution is 0.353. The Kier molecular flexibility index (Phi) is 9.59. The summed E-state index contributed by atoms with van der Waals surface area (Å²) in [5.41, 5.74) is 20.7. The Balaban J connectivity index is 0.881. The number of nitriles is 1. The van der Waals surface area contributed by atoms with Crippen LogP contribution in [0.2, 0.25) is 0 Å². The quantitative estimate of drug-likeness (QED) is 0.161. The number of rotatable bonds is 7. The molecule has 3 aliphatic rings. The van der Waals surface area contributed by atoms with Crippen molar-refractivity contribution < 1.29 is 0 Å². The molecule has 11 rings (SSSR count). The standard InChI is InChI=1S/C58H44N4/c59-37-39-17-30-51-53(34-39)58(31-5-2-6-32-58)52-16-8-15-50(56(51)52)43-24-18-40(19-25-43)47-12-7-13-48(35-47)41-20-26-44(27-21-41)54-36-55(62-57(61-54)46-10-3-1-4-11-46)45-28-22-42(23-29-45)49-14-9-33-60-38-49/h1,3,7-10,12-30,33-36,38H,2,4-6,11,31-32H2. The molecule has 0 unspecified atom stereocenters. The summed E-state index contributed by atoms with van der Waals surface area (Å²) in [6, 6.07) is 57.1. The van der Waals surface area contributed by atoms with Crippen LogP contribution in [0, 0.1) is 11.3 Å². The van der Waals surface area contributed by atoms with Gasteiger partial charge in [0.05, 0.1) is 23.0 Å². The maximum Gasteiger partial charge on any atom is 0.156 e. The number of benzene rings is 6. The molecule has 0 aliphatic heterocycles. The molecule has 2 aromatic heterocycles. The molecular weight excluding hydrogens is 753 g/mol. The largest absolute Gasteiger partial charge is 0.264 e. The minimum absolute atomic E-state index is 0.00389. The molecule has 0 amide bonds. The maximum absolute atomic E-state index is 9.82. The van der Waals surface area contributed by atoms with Crippen LogP contribution >= 0.6 is 0 Å². The minimum atomic E-state index is 0.00389. The molecule has 1 fully saturated rings. The van der Waals surface area contributed by atoms with E-state index in [1.165, 1.54) is 69.3 Å². The molecule has 0 saturated heterocycles. The lowest BCUT2D eigenvalue weighted by atomic mass is 9.67. The minimum Gasteiger partial charge on any atom is -0.264 e. The van der Waals surface area contributed by atoms with Gasteiger partial charge in [-0.05, 0) is 128 Å². The molecule has 0 bridgehead atoms. The number of pyridine rings is 1. The van der Waals surface area contributed by atoms with E-state index >= 15 is 0 Å². The normalized spacial score (nSPS) is 14.8. The van der Waals surface area contributed by atoms with E-state index in [9.17, 15) is 5.26 Å². The fourth-order valence-corrected chi connectivity index (χ4v) is 10.1. The fourth-order valence-electron chi connectivity index (χ4n) is 10.1. The number of hydrogen-bond acceptors (Lipinski definition) is 4. The number of allylic oxidation sites excluding steroid dienone is 4. The average molecular weight is 797 g/mol. The zero-order chi connectivity index (χ0) is 41.5. The fraction of sp³-hybridized carbons (Fsp3) is 0.138. The zero-order valence-electron chi connectivity index (χ0n) is 34.6. The van der Waals surface area contributed by atoms with Gasteiger partial charge in [-0.1, -0.05) is 159 Å². The van der Waals surface area contributed by atoms with Crippen LogP contribution in [-0.4, -0.2) is 15.0 Å². The molecule has 8 aromatic rings. The highest BCUT2D eigenvalue weighted by Crippen LogP contribution is 2.58. The van der Waals surface area contributed by atoms with E-state index < -0.39 is 0 Å². The summed E-state index contributed by atoms with van der Waals surface area (Å²) in [5, 5.41) is 9.82. The summed E-state index contributed by atoms with van der Waals surface area (Å²) in [6.45, 7) is 0. The van der Waals surface area contributed by atoms with Crippen molar-refractivity contribution in [1.82, 2.24) is 15.0 Å². The van der Waals surface area contributed by atoms with E-state index in [2.05, 4.69) is 169 Å². The van der Waals surface area contributed by atoms with Crippen molar-refractivity contribution in [2.24, 2.45) is 0 Å². The third kappa shape index (κ3) is 6.77.